The molecule has 4 rings (SSSR count). The minimum absolute atomic E-state index is 0.317. The Morgan fingerprint density at radius 1 is 1.25 bits per heavy atom. The van der Waals surface area contributed by atoms with Crippen LogP contribution in [0.4, 0.5) is 8.78 Å². The van der Waals surface area contributed by atoms with Gasteiger partial charge in [0, 0.05) is 18.1 Å². The molecule has 0 spiro atoms. The molecule has 0 N–H and O–H groups in total. The van der Waals surface area contributed by atoms with Crippen molar-refractivity contribution in [2.75, 3.05) is 0 Å². The van der Waals surface area contributed by atoms with Crippen molar-refractivity contribution in [3.63, 3.8) is 0 Å². The first-order valence-corrected chi connectivity index (χ1v) is 6.33. The van der Waals surface area contributed by atoms with Gasteiger partial charge in [-0.05, 0) is 12.8 Å². The zero-order chi connectivity index (χ0) is 13.7. The van der Waals surface area contributed by atoms with Crippen molar-refractivity contribution in [1.29, 1.82) is 0 Å². The van der Waals surface area contributed by atoms with Gasteiger partial charge in [0.2, 0.25) is 5.89 Å². The maximum absolute atomic E-state index is 13.3. The highest BCUT2D eigenvalue weighted by Gasteiger charge is 2.29. The predicted molar refractivity (Wildman–Crippen MR) is 65.0 cm³/mol. The molecule has 0 unspecified atom stereocenters. The molecule has 2 aromatic heterocycles. The summed E-state index contributed by atoms with van der Waals surface area (Å²) in [5, 5.41) is 3.90. The molecule has 5 nitrogen and oxygen atoms in total. The molecule has 7 heteroatoms. The highest BCUT2D eigenvalue weighted by Crippen LogP contribution is 2.38. The summed E-state index contributed by atoms with van der Waals surface area (Å²) in [6.45, 7) is 0.317. The first-order valence-electron chi connectivity index (χ1n) is 6.33. The van der Waals surface area contributed by atoms with Gasteiger partial charge in [-0.15, -0.1) is 0 Å². The van der Waals surface area contributed by atoms with Crippen LogP contribution >= 0.6 is 0 Å². The fourth-order valence-corrected chi connectivity index (χ4v) is 2.16. The molecule has 3 aromatic rings. The van der Waals surface area contributed by atoms with Crippen LogP contribution in [0.5, 0.6) is 0 Å². The van der Waals surface area contributed by atoms with E-state index in [-0.39, 0.29) is 0 Å². The Bertz CT molecular complexity index is 791. The summed E-state index contributed by atoms with van der Waals surface area (Å²) in [6, 6.07) is 2.20. The number of aromatic nitrogens is 4. The Morgan fingerprint density at radius 3 is 2.85 bits per heavy atom. The van der Waals surface area contributed by atoms with Crippen molar-refractivity contribution in [1.82, 2.24) is 19.7 Å². The summed E-state index contributed by atoms with van der Waals surface area (Å²) < 4.78 is 33.2. The van der Waals surface area contributed by atoms with Gasteiger partial charge in [0.25, 0.3) is 0 Å². The Morgan fingerprint density at radius 2 is 2.05 bits per heavy atom. The van der Waals surface area contributed by atoms with Gasteiger partial charge in [0.1, 0.15) is 0 Å². The highest BCUT2D eigenvalue weighted by atomic mass is 19.2. The number of fused-ring (bicyclic) bond motifs is 1. The number of nitrogens with zero attached hydrogens (tertiary/aromatic N) is 4. The molecule has 0 saturated heterocycles. The van der Waals surface area contributed by atoms with Crippen LogP contribution in [0.2, 0.25) is 0 Å². The smallest absolute Gasteiger partial charge is 0.229 e. The standard InChI is InChI=1S/C13H10F2N4O/c14-8-3-10-11(4-9(8)15)19(6-16-10)5-12-17-13(20-18-12)7-1-2-7/h3-4,6-7H,1-2,5H2. The predicted octanol–water partition coefficient (Wildman–Crippen LogP) is 2.62. The van der Waals surface area contributed by atoms with Gasteiger partial charge in [0.05, 0.1) is 23.9 Å². The quantitative estimate of drug-likeness (QED) is 0.738. The van der Waals surface area contributed by atoms with Gasteiger partial charge in [0.15, 0.2) is 17.5 Å². The van der Waals surface area contributed by atoms with Crippen LogP contribution in [0.25, 0.3) is 11.0 Å². The molecule has 102 valence electrons. The normalized spacial score (nSPS) is 15.1. The van der Waals surface area contributed by atoms with Gasteiger partial charge in [-0.2, -0.15) is 4.98 Å². The van der Waals surface area contributed by atoms with Crippen LogP contribution < -0.4 is 0 Å². The van der Waals surface area contributed by atoms with Crippen LogP contribution in [-0.2, 0) is 6.54 Å². The van der Waals surface area contributed by atoms with Crippen molar-refractivity contribution in [3.8, 4) is 0 Å². The maximum Gasteiger partial charge on any atom is 0.229 e. The number of hydrogen-bond donors (Lipinski definition) is 0. The minimum atomic E-state index is -0.904. The van der Waals surface area contributed by atoms with Crippen LogP contribution in [-0.4, -0.2) is 19.7 Å². The third kappa shape index (κ3) is 1.86. The first kappa shape index (κ1) is 11.5. The van der Waals surface area contributed by atoms with E-state index in [4.69, 9.17) is 4.52 Å². The molecular formula is C13H10F2N4O. The Kier molecular flexibility index (Phi) is 2.35. The second-order valence-corrected chi connectivity index (χ2v) is 4.95. The third-order valence-corrected chi connectivity index (χ3v) is 3.39. The van der Waals surface area contributed by atoms with Gasteiger partial charge >= 0.3 is 0 Å². The molecule has 0 amide bonds. The number of benzene rings is 1. The monoisotopic (exact) mass is 276 g/mol. The summed E-state index contributed by atoms with van der Waals surface area (Å²) in [7, 11) is 0. The average molecular weight is 276 g/mol. The molecule has 20 heavy (non-hydrogen) atoms. The van der Waals surface area contributed by atoms with E-state index < -0.39 is 11.6 Å². The van der Waals surface area contributed by atoms with E-state index in [1.54, 1.807) is 4.57 Å². The average Bonchev–Trinajstić information content (AvgIpc) is 3.07. The van der Waals surface area contributed by atoms with Crippen molar-refractivity contribution in [2.45, 2.75) is 25.3 Å². The van der Waals surface area contributed by atoms with Gasteiger partial charge in [-0.3, -0.25) is 0 Å². The number of rotatable bonds is 3. The second kappa shape index (κ2) is 4.09. The van der Waals surface area contributed by atoms with E-state index >= 15 is 0 Å². The lowest BCUT2D eigenvalue weighted by atomic mass is 10.3. The molecule has 1 aliphatic carbocycles. The van der Waals surface area contributed by atoms with Crippen LogP contribution in [0.15, 0.2) is 23.0 Å². The molecule has 1 saturated carbocycles. The fraction of sp³-hybridized carbons (Fsp3) is 0.308. The summed E-state index contributed by atoms with van der Waals surface area (Å²) in [6.07, 6.45) is 3.68. The number of halogens is 2. The summed E-state index contributed by atoms with van der Waals surface area (Å²) in [4.78, 5) is 8.34. The zero-order valence-electron chi connectivity index (χ0n) is 10.4. The fourth-order valence-electron chi connectivity index (χ4n) is 2.16. The Labute approximate surface area is 112 Å². The summed E-state index contributed by atoms with van der Waals surface area (Å²) in [5.41, 5.74) is 0.900. The molecule has 1 fully saturated rings. The van der Waals surface area contributed by atoms with E-state index in [2.05, 4.69) is 15.1 Å². The van der Waals surface area contributed by atoms with Crippen molar-refractivity contribution in [3.05, 3.63) is 41.8 Å². The van der Waals surface area contributed by atoms with E-state index in [9.17, 15) is 8.78 Å². The molecule has 1 aromatic carbocycles. The van der Waals surface area contributed by atoms with Crippen LogP contribution in [0.3, 0.4) is 0 Å². The van der Waals surface area contributed by atoms with E-state index in [1.165, 1.54) is 6.33 Å². The topological polar surface area (TPSA) is 56.7 Å². The molecule has 0 radical (unpaired) electrons. The molecule has 1 aliphatic rings. The first-order chi connectivity index (χ1) is 9.70. The molecular weight excluding hydrogens is 266 g/mol. The third-order valence-electron chi connectivity index (χ3n) is 3.39. The molecule has 2 heterocycles. The van der Waals surface area contributed by atoms with Gasteiger partial charge in [-0.25, -0.2) is 13.8 Å². The molecule has 0 atom stereocenters. The molecule has 0 bridgehead atoms. The number of imidazole rings is 1. The Hall–Kier alpha value is -2.31. The van der Waals surface area contributed by atoms with Crippen LogP contribution in [0.1, 0.15) is 30.5 Å². The zero-order valence-corrected chi connectivity index (χ0v) is 10.4. The summed E-state index contributed by atoms with van der Waals surface area (Å²) >= 11 is 0. The number of hydrogen-bond acceptors (Lipinski definition) is 4. The van der Waals surface area contributed by atoms with Gasteiger partial charge < -0.3 is 9.09 Å². The lowest BCUT2D eigenvalue weighted by molar-refractivity contribution is 0.373. The van der Waals surface area contributed by atoms with Gasteiger partial charge in [-0.1, -0.05) is 5.16 Å². The minimum Gasteiger partial charge on any atom is -0.339 e. The van der Waals surface area contributed by atoms with E-state index in [1.807, 2.05) is 0 Å². The molecule has 0 aliphatic heterocycles. The largest absolute Gasteiger partial charge is 0.339 e. The second-order valence-electron chi connectivity index (χ2n) is 4.95. The maximum atomic E-state index is 13.3. The SMILES string of the molecule is Fc1cc2ncn(Cc3noc(C4CC4)n3)c2cc1F. The lowest BCUT2D eigenvalue weighted by Gasteiger charge is -2.00. The van der Waals surface area contributed by atoms with Crippen LogP contribution in [0, 0.1) is 11.6 Å². The Balaban J connectivity index is 1.68. The van der Waals surface area contributed by atoms with Crippen molar-refractivity contribution in [2.24, 2.45) is 0 Å². The van der Waals surface area contributed by atoms with E-state index in [0.717, 1.165) is 25.0 Å². The highest BCUT2D eigenvalue weighted by molar-refractivity contribution is 5.75. The lowest BCUT2D eigenvalue weighted by Crippen LogP contribution is -2.00. The van der Waals surface area contributed by atoms with Crippen molar-refractivity contribution >= 4 is 11.0 Å². The van der Waals surface area contributed by atoms with E-state index in [0.29, 0.717) is 35.2 Å². The summed E-state index contributed by atoms with van der Waals surface area (Å²) in [5.74, 6) is -0.246. The van der Waals surface area contributed by atoms with Crippen molar-refractivity contribution < 1.29 is 13.3 Å².